The quantitative estimate of drug-likeness (QED) is 0.773. The van der Waals surface area contributed by atoms with Gasteiger partial charge in [0.1, 0.15) is 0 Å². The molecule has 2 nitrogen and oxygen atoms in total. The first-order chi connectivity index (χ1) is 9.84. The molecule has 2 aliphatic rings. The van der Waals surface area contributed by atoms with Crippen molar-refractivity contribution in [1.82, 2.24) is 4.90 Å². The predicted molar refractivity (Wildman–Crippen MR) is 83.0 cm³/mol. The first kappa shape index (κ1) is 14.1. The smallest absolute Gasteiger partial charge is 0.0828 e. The van der Waals surface area contributed by atoms with Crippen LogP contribution in [0.4, 0.5) is 0 Å². The van der Waals surface area contributed by atoms with Gasteiger partial charge in [-0.1, -0.05) is 37.1 Å². The fourth-order valence-corrected chi connectivity index (χ4v) is 3.63. The summed E-state index contributed by atoms with van der Waals surface area (Å²) in [5.41, 5.74) is 2.95. The van der Waals surface area contributed by atoms with Crippen LogP contribution in [0.2, 0.25) is 0 Å². The maximum absolute atomic E-state index is 6.36. The van der Waals surface area contributed by atoms with Gasteiger partial charge in [-0.3, -0.25) is 0 Å². The van der Waals surface area contributed by atoms with Crippen molar-refractivity contribution < 1.29 is 4.74 Å². The Balaban J connectivity index is 1.64. The van der Waals surface area contributed by atoms with Crippen LogP contribution in [-0.4, -0.2) is 31.1 Å². The van der Waals surface area contributed by atoms with Crippen LogP contribution in [0.5, 0.6) is 0 Å². The van der Waals surface area contributed by atoms with Gasteiger partial charge < -0.3 is 9.64 Å². The fraction of sp³-hybridized carbons (Fsp3) is 0.667. The summed E-state index contributed by atoms with van der Waals surface area (Å²) in [6.07, 6.45) is 9.33. The van der Waals surface area contributed by atoms with Crippen LogP contribution in [0, 0.1) is 0 Å². The molecule has 0 saturated carbocycles. The lowest BCUT2D eigenvalue weighted by atomic mass is 10.0. The van der Waals surface area contributed by atoms with E-state index in [1.165, 1.54) is 62.6 Å². The molecule has 1 aliphatic carbocycles. The van der Waals surface area contributed by atoms with Crippen LogP contribution in [0.15, 0.2) is 24.3 Å². The van der Waals surface area contributed by atoms with E-state index in [2.05, 4.69) is 36.2 Å². The van der Waals surface area contributed by atoms with Gasteiger partial charge in [0.15, 0.2) is 0 Å². The third-order valence-electron chi connectivity index (χ3n) is 4.98. The maximum atomic E-state index is 6.36. The van der Waals surface area contributed by atoms with Crippen molar-refractivity contribution in [2.75, 3.05) is 20.2 Å². The molecular formula is C18H27NO. The van der Waals surface area contributed by atoms with Gasteiger partial charge in [0.25, 0.3) is 0 Å². The highest BCUT2D eigenvalue weighted by atomic mass is 16.5. The second kappa shape index (κ2) is 6.73. The molecular weight excluding hydrogens is 246 g/mol. The van der Waals surface area contributed by atoms with Crippen molar-refractivity contribution in [3.63, 3.8) is 0 Å². The van der Waals surface area contributed by atoms with Crippen LogP contribution in [-0.2, 0) is 11.2 Å². The number of nitrogens with zero attached hydrogens (tertiary/aromatic N) is 1. The van der Waals surface area contributed by atoms with Crippen molar-refractivity contribution in [2.45, 2.75) is 57.1 Å². The third kappa shape index (κ3) is 3.24. The second-order valence-corrected chi connectivity index (χ2v) is 6.40. The largest absolute Gasteiger partial charge is 0.372 e. The van der Waals surface area contributed by atoms with Crippen LogP contribution < -0.4 is 0 Å². The molecule has 20 heavy (non-hydrogen) atoms. The molecule has 0 N–H and O–H groups in total. The topological polar surface area (TPSA) is 12.5 Å². The molecule has 1 aliphatic heterocycles. The molecule has 3 rings (SSSR count). The van der Waals surface area contributed by atoms with Crippen LogP contribution in [0.1, 0.15) is 55.8 Å². The summed E-state index contributed by atoms with van der Waals surface area (Å²) < 4.78 is 6.36. The molecule has 0 amide bonds. The molecule has 1 saturated heterocycles. The van der Waals surface area contributed by atoms with Crippen molar-refractivity contribution >= 4 is 0 Å². The van der Waals surface area contributed by atoms with Crippen LogP contribution >= 0.6 is 0 Å². The summed E-state index contributed by atoms with van der Waals surface area (Å²) in [6.45, 7) is 2.13. The normalized spacial score (nSPS) is 27.9. The lowest BCUT2D eigenvalue weighted by Crippen LogP contribution is -2.39. The minimum Gasteiger partial charge on any atom is -0.372 e. The zero-order chi connectivity index (χ0) is 13.8. The summed E-state index contributed by atoms with van der Waals surface area (Å²) in [5.74, 6) is 0. The summed E-state index contributed by atoms with van der Waals surface area (Å²) >= 11 is 0. The van der Waals surface area contributed by atoms with Crippen molar-refractivity contribution in [3.8, 4) is 0 Å². The summed E-state index contributed by atoms with van der Waals surface area (Å²) in [6, 6.07) is 9.50. The average molecular weight is 273 g/mol. The van der Waals surface area contributed by atoms with E-state index in [0.29, 0.717) is 12.1 Å². The van der Waals surface area contributed by atoms with E-state index in [1.807, 2.05) is 0 Å². The van der Waals surface area contributed by atoms with E-state index in [9.17, 15) is 0 Å². The molecule has 1 aromatic rings. The Morgan fingerprint density at radius 1 is 1.10 bits per heavy atom. The standard InChI is InChI=1S/C18H27NO/c1-19-13-7-6-10-16(19)14-20-18-12-5-3-9-15-8-2-4-11-17(15)18/h2,4,8,11,16,18H,3,5-7,9-10,12-14H2,1H3. The van der Waals surface area contributed by atoms with Gasteiger partial charge in [0.2, 0.25) is 0 Å². The second-order valence-electron chi connectivity index (χ2n) is 6.40. The number of piperidine rings is 1. The minimum absolute atomic E-state index is 0.323. The summed E-state index contributed by atoms with van der Waals surface area (Å²) in [7, 11) is 2.24. The molecule has 2 heteroatoms. The monoisotopic (exact) mass is 273 g/mol. The van der Waals surface area contributed by atoms with Crippen LogP contribution in [0.25, 0.3) is 0 Å². The number of likely N-dealkylation sites (tertiary alicyclic amines) is 1. The van der Waals surface area contributed by atoms with Gasteiger partial charge >= 0.3 is 0 Å². The average Bonchev–Trinajstić information content (AvgIpc) is 2.69. The first-order valence-corrected chi connectivity index (χ1v) is 8.24. The Bertz CT molecular complexity index is 431. The Kier molecular flexibility index (Phi) is 4.74. The number of fused-ring (bicyclic) bond motifs is 1. The van der Waals surface area contributed by atoms with E-state index in [0.717, 1.165) is 6.61 Å². The zero-order valence-corrected chi connectivity index (χ0v) is 12.7. The molecule has 110 valence electrons. The fourth-order valence-electron chi connectivity index (χ4n) is 3.63. The number of hydrogen-bond donors (Lipinski definition) is 0. The molecule has 2 unspecified atom stereocenters. The molecule has 0 radical (unpaired) electrons. The number of aryl methyl sites for hydroxylation is 1. The molecule has 2 atom stereocenters. The highest BCUT2D eigenvalue weighted by Gasteiger charge is 2.23. The lowest BCUT2D eigenvalue weighted by Gasteiger charge is -2.33. The first-order valence-electron chi connectivity index (χ1n) is 8.24. The van der Waals surface area contributed by atoms with Crippen molar-refractivity contribution in [1.29, 1.82) is 0 Å². The van der Waals surface area contributed by atoms with Crippen molar-refractivity contribution in [2.24, 2.45) is 0 Å². The van der Waals surface area contributed by atoms with Gasteiger partial charge in [-0.15, -0.1) is 0 Å². The van der Waals surface area contributed by atoms with Gasteiger partial charge in [-0.2, -0.15) is 0 Å². The summed E-state index contributed by atoms with van der Waals surface area (Å²) in [4.78, 5) is 2.48. The third-order valence-corrected chi connectivity index (χ3v) is 4.98. The van der Waals surface area contributed by atoms with Crippen molar-refractivity contribution in [3.05, 3.63) is 35.4 Å². The Morgan fingerprint density at radius 2 is 1.95 bits per heavy atom. The zero-order valence-electron chi connectivity index (χ0n) is 12.7. The molecule has 1 heterocycles. The number of benzene rings is 1. The lowest BCUT2D eigenvalue weighted by molar-refractivity contribution is -0.00139. The molecule has 0 bridgehead atoms. The van der Waals surface area contributed by atoms with E-state index >= 15 is 0 Å². The van der Waals surface area contributed by atoms with E-state index in [4.69, 9.17) is 4.74 Å². The minimum atomic E-state index is 0.323. The van der Waals surface area contributed by atoms with Crippen LogP contribution in [0.3, 0.4) is 0 Å². The molecule has 1 fully saturated rings. The summed E-state index contributed by atoms with van der Waals surface area (Å²) in [5, 5.41) is 0. The number of likely N-dealkylation sites (N-methyl/N-ethyl adjacent to an activating group) is 1. The number of hydrogen-bond acceptors (Lipinski definition) is 2. The number of rotatable bonds is 3. The van der Waals surface area contributed by atoms with Gasteiger partial charge in [-0.25, -0.2) is 0 Å². The van der Waals surface area contributed by atoms with Gasteiger partial charge in [0, 0.05) is 6.04 Å². The molecule has 1 aromatic carbocycles. The Labute approximate surface area is 123 Å². The van der Waals surface area contributed by atoms with E-state index in [1.54, 1.807) is 0 Å². The SMILES string of the molecule is CN1CCCCC1COC1CCCCc2ccccc21. The molecule has 0 aromatic heterocycles. The van der Waals surface area contributed by atoms with E-state index < -0.39 is 0 Å². The van der Waals surface area contributed by atoms with E-state index in [-0.39, 0.29) is 0 Å². The van der Waals surface area contributed by atoms with Gasteiger partial charge in [0.05, 0.1) is 12.7 Å². The highest BCUT2D eigenvalue weighted by molar-refractivity contribution is 5.30. The molecule has 0 spiro atoms. The Morgan fingerprint density at radius 3 is 2.85 bits per heavy atom. The highest BCUT2D eigenvalue weighted by Crippen LogP contribution is 2.32. The maximum Gasteiger partial charge on any atom is 0.0828 e. The predicted octanol–water partition coefficient (Wildman–Crippen LogP) is 3.96. The number of ether oxygens (including phenoxy) is 1. The Hall–Kier alpha value is -0.860. The van der Waals surface area contributed by atoms with Gasteiger partial charge in [-0.05, 0) is 56.8 Å².